The Balaban J connectivity index is 2.20. The predicted molar refractivity (Wildman–Crippen MR) is 63.6 cm³/mol. The van der Waals surface area contributed by atoms with Gasteiger partial charge in [-0.15, -0.1) is 0 Å². The number of carboxylic acid groups (broad SMARTS) is 1. The van der Waals surface area contributed by atoms with Crippen molar-refractivity contribution < 1.29 is 23.5 Å². The zero-order chi connectivity index (χ0) is 14.0. The summed E-state index contributed by atoms with van der Waals surface area (Å²) in [5, 5.41) is 8.79. The average molecular weight is 270 g/mol. The minimum atomic E-state index is -1.04. The summed E-state index contributed by atoms with van der Waals surface area (Å²) in [6.07, 6.45) is -0.671. The largest absolute Gasteiger partial charge is 0.465 e. The predicted octanol–water partition coefficient (Wildman–Crippen LogP) is 1.58. The van der Waals surface area contributed by atoms with Gasteiger partial charge in [0.2, 0.25) is 0 Å². The van der Waals surface area contributed by atoms with Crippen molar-refractivity contribution in [3.8, 4) is 0 Å². The van der Waals surface area contributed by atoms with Crippen molar-refractivity contribution >= 4 is 18.1 Å². The first kappa shape index (κ1) is 13.3. The van der Waals surface area contributed by atoms with E-state index in [1.807, 2.05) is 0 Å². The number of anilines is 1. The summed E-state index contributed by atoms with van der Waals surface area (Å²) in [7, 11) is 0. The van der Waals surface area contributed by atoms with Crippen LogP contribution < -0.4 is 4.90 Å². The maximum absolute atomic E-state index is 13.8. The lowest BCUT2D eigenvalue weighted by Gasteiger charge is -2.34. The third-order valence-corrected chi connectivity index (χ3v) is 3.04. The molecule has 1 aliphatic rings. The van der Waals surface area contributed by atoms with E-state index in [1.165, 1.54) is 9.80 Å². The van der Waals surface area contributed by atoms with E-state index in [4.69, 9.17) is 5.11 Å². The normalized spacial score (nSPS) is 15.5. The fourth-order valence-corrected chi connectivity index (χ4v) is 2.08. The van der Waals surface area contributed by atoms with Crippen LogP contribution in [0, 0.1) is 11.6 Å². The molecule has 0 bridgehead atoms. The molecule has 1 aliphatic heterocycles. The van der Waals surface area contributed by atoms with E-state index < -0.39 is 17.7 Å². The van der Waals surface area contributed by atoms with Crippen molar-refractivity contribution in [2.75, 3.05) is 31.1 Å². The van der Waals surface area contributed by atoms with E-state index in [-0.39, 0.29) is 37.4 Å². The maximum Gasteiger partial charge on any atom is 0.407 e. The van der Waals surface area contributed by atoms with Crippen LogP contribution in [0.15, 0.2) is 12.1 Å². The first-order valence-corrected chi connectivity index (χ1v) is 5.70. The first-order chi connectivity index (χ1) is 9.02. The molecular weight excluding hydrogens is 258 g/mol. The van der Waals surface area contributed by atoms with Gasteiger partial charge in [0.1, 0.15) is 23.6 Å². The molecule has 0 spiro atoms. The van der Waals surface area contributed by atoms with Gasteiger partial charge < -0.3 is 14.9 Å². The molecule has 0 aliphatic carbocycles. The van der Waals surface area contributed by atoms with Crippen LogP contribution in [0.2, 0.25) is 0 Å². The van der Waals surface area contributed by atoms with Gasteiger partial charge in [0, 0.05) is 31.7 Å². The molecule has 0 radical (unpaired) electrons. The molecule has 1 saturated heterocycles. The summed E-state index contributed by atoms with van der Waals surface area (Å²) in [5.41, 5.74) is -0.279. The van der Waals surface area contributed by atoms with Gasteiger partial charge in [-0.25, -0.2) is 13.6 Å². The van der Waals surface area contributed by atoms with Gasteiger partial charge >= 0.3 is 6.09 Å². The minimum absolute atomic E-state index is 0.0667. The lowest BCUT2D eigenvalue weighted by Crippen LogP contribution is -2.48. The van der Waals surface area contributed by atoms with Gasteiger partial charge in [-0.2, -0.15) is 0 Å². The summed E-state index contributed by atoms with van der Waals surface area (Å²) < 4.78 is 27.5. The second kappa shape index (κ2) is 5.21. The number of halogens is 2. The molecule has 1 N–H and O–H groups in total. The van der Waals surface area contributed by atoms with Gasteiger partial charge in [0.25, 0.3) is 0 Å². The Morgan fingerprint density at radius 3 is 2.11 bits per heavy atom. The van der Waals surface area contributed by atoms with Crippen LogP contribution in [-0.2, 0) is 0 Å². The van der Waals surface area contributed by atoms with Crippen LogP contribution >= 0.6 is 0 Å². The SMILES string of the molecule is O=Cc1cc(F)c(N2CCN(C(=O)O)CC2)c(F)c1. The molecule has 1 aromatic rings. The number of hydrogen-bond donors (Lipinski definition) is 1. The number of piperazine rings is 1. The van der Waals surface area contributed by atoms with E-state index in [1.54, 1.807) is 0 Å². The smallest absolute Gasteiger partial charge is 0.407 e. The number of aldehydes is 1. The Hall–Kier alpha value is -2.18. The highest BCUT2D eigenvalue weighted by molar-refractivity contribution is 5.76. The van der Waals surface area contributed by atoms with Gasteiger partial charge in [0.05, 0.1) is 0 Å². The number of benzene rings is 1. The van der Waals surface area contributed by atoms with Crippen molar-refractivity contribution in [1.29, 1.82) is 0 Å². The highest BCUT2D eigenvalue weighted by Crippen LogP contribution is 2.25. The van der Waals surface area contributed by atoms with Crippen molar-refractivity contribution in [3.63, 3.8) is 0 Å². The molecule has 0 aromatic heterocycles. The zero-order valence-corrected chi connectivity index (χ0v) is 9.97. The Morgan fingerprint density at radius 2 is 1.68 bits per heavy atom. The molecular formula is C12H12F2N2O3. The molecule has 0 atom stereocenters. The van der Waals surface area contributed by atoms with Crippen LogP contribution in [0.25, 0.3) is 0 Å². The third-order valence-electron chi connectivity index (χ3n) is 3.04. The van der Waals surface area contributed by atoms with Gasteiger partial charge in [-0.3, -0.25) is 4.79 Å². The van der Waals surface area contributed by atoms with Gasteiger partial charge in [-0.05, 0) is 12.1 Å². The topological polar surface area (TPSA) is 60.9 Å². The summed E-state index contributed by atoms with van der Waals surface area (Å²) >= 11 is 0. The number of carbonyl (C=O) groups excluding carboxylic acids is 1. The minimum Gasteiger partial charge on any atom is -0.465 e. The molecule has 1 heterocycles. The molecule has 1 fully saturated rings. The number of carbonyl (C=O) groups is 2. The molecule has 0 unspecified atom stereocenters. The van der Waals surface area contributed by atoms with Crippen LogP contribution in [0.1, 0.15) is 10.4 Å². The highest BCUT2D eigenvalue weighted by atomic mass is 19.1. The van der Waals surface area contributed by atoms with E-state index >= 15 is 0 Å². The van der Waals surface area contributed by atoms with Crippen LogP contribution in [0.5, 0.6) is 0 Å². The third kappa shape index (κ3) is 2.64. The Morgan fingerprint density at radius 1 is 1.16 bits per heavy atom. The maximum atomic E-state index is 13.8. The number of hydrogen-bond acceptors (Lipinski definition) is 3. The molecule has 2 rings (SSSR count). The zero-order valence-electron chi connectivity index (χ0n) is 9.97. The Bertz CT molecular complexity index is 491. The molecule has 102 valence electrons. The van der Waals surface area contributed by atoms with Crippen molar-refractivity contribution in [1.82, 2.24) is 4.90 Å². The quantitative estimate of drug-likeness (QED) is 0.829. The average Bonchev–Trinajstić information content (AvgIpc) is 2.38. The summed E-state index contributed by atoms with van der Waals surface area (Å²) in [6, 6.07) is 1.93. The van der Waals surface area contributed by atoms with Crippen molar-refractivity contribution in [2.45, 2.75) is 0 Å². The fourth-order valence-electron chi connectivity index (χ4n) is 2.08. The molecule has 7 heteroatoms. The van der Waals surface area contributed by atoms with E-state index in [0.717, 1.165) is 12.1 Å². The van der Waals surface area contributed by atoms with Crippen LogP contribution in [-0.4, -0.2) is 48.6 Å². The van der Waals surface area contributed by atoms with Crippen molar-refractivity contribution in [3.05, 3.63) is 29.3 Å². The van der Waals surface area contributed by atoms with Crippen molar-refractivity contribution in [2.24, 2.45) is 0 Å². The van der Waals surface area contributed by atoms with Crippen LogP contribution in [0.3, 0.4) is 0 Å². The Kier molecular flexibility index (Phi) is 3.64. The summed E-state index contributed by atoms with van der Waals surface area (Å²) in [6.45, 7) is 0.786. The molecule has 19 heavy (non-hydrogen) atoms. The van der Waals surface area contributed by atoms with Gasteiger partial charge in [0.15, 0.2) is 0 Å². The second-order valence-electron chi connectivity index (χ2n) is 4.21. The van der Waals surface area contributed by atoms with E-state index in [9.17, 15) is 18.4 Å². The lowest BCUT2D eigenvalue weighted by molar-refractivity contribution is 0.112. The summed E-state index contributed by atoms with van der Waals surface area (Å²) in [4.78, 5) is 23.9. The number of amides is 1. The monoisotopic (exact) mass is 270 g/mol. The molecule has 5 nitrogen and oxygen atoms in total. The second-order valence-corrected chi connectivity index (χ2v) is 4.21. The molecule has 0 saturated carbocycles. The number of nitrogens with zero attached hydrogens (tertiary/aromatic N) is 2. The fraction of sp³-hybridized carbons (Fsp3) is 0.333. The van der Waals surface area contributed by atoms with E-state index in [2.05, 4.69) is 0 Å². The lowest BCUT2D eigenvalue weighted by atomic mass is 10.1. The van der Waals surface area contributed by atoms with E-state index in [0.29, 0.717) is 6.29 Å². The standard InChI is InChI=1S/C12H12F2N2O3/c13-9-5-8(7-17)6-10(14)11(9)15-1-3-16(4-2-15)12(18)19/h5-7H,1-4H2,(H,18,19). The number of rotatable bonds is 2. The molecule has 1 aromatic carbocycles. The van der Waals surface area contributed by atoms with Gasteiger partial charge in [-0.1, -0.05) is 0 Å². The summed E-state index contributed by atoms with van der Waals surface area (Å²) in [5.74, 6) is -1.63. The first-order valence-electron chi connectivity index (χ1n) is 5.70. The molecule has 1 amide bonds. The van der Waals surface area contributed by atoms with Crippen LogP contribution in [0.4, 0.5) is 19.3 Å². The Labute approximate surface area is 108 Å². The highest BCUT2D eigenvalue weighted by Gasteiger charge is 2.24.